The Morgan fingerprint density at radius 1 is 0.938 bits per heavy atom. The molecular formula is C14H12O2. The zero-order valence-electron chi connectivity index (χ0n) is 9.01. The number of para-hydroxylation sites is 1. The minimum Gasteiger partial charge on any atom is -0.496 e. The summed E-state index contributed by atoms with van der Waals surface area (Å²) in [4.78, 5) is 12.1. The fourth-order valence-corrected chi connectivity index (χ4v) is 1.58. The average Bonchev–Trinajstić information content (AvgIpc) is 2.39. The maximum absolute atomic E-state index is 12.1. The zero-order chi connectivity index (χ0) is 11.4. The molecule has 0 aromatic heterocycles. The van der Waals surface area contributed by atoms with Gasteiger partial charge in [0.2, 0.25) is 0 Å². The molecule has 2 heteroatoms. The summed E-state index contributed by atoms with van der Waals surface area (Å²) >= 11 is 0. The molecule has 0 saturated heterocycles. The second-order valence-electron chi connectivity index (χ2n) is 3.40. The van der Waals surface area contributed by atoms with Gasteiger partial charge in [-0.2, -0.15) is 0 Å². The van der Waals surface area contributed by atoms with E-state index in [0.717, 1.165) is 0 Å². The molecule has 2 aromatic rings. The maximum Gasteiger partial charge on any atom is 0.196 e. The molecule has 0 spiro atoms. The number of methoxy groups -OCH3 is 1. The van der Waals surface area contributed by atoms with Crippen LogP contribution in [0.1, 0.15) is 15.9 Å². The summed E-state index contributed by atoms with van der Waals surface area (Å²) in [6.45, 7) is 0. The van der Waals surface area contributed by atoms with Gasteiger partial charge in [0.25, 0.3) is 0 Å². The standard InChI is InChI=1S/C14H12O2/c1-16-13-10-6-5-9-12(13)14(15)11-7-3-2-4-8-11/h2-10H,1H3/i14-1. The first-order valence-corrected chi connectivity index (χ1v) is 5.05. The van der Waals surface area contributed by atoms with Gasteiger partial charge in [-0.1, -0.05) is 42.5 Å². The van der Waals surface area contributed by atoms with Crippen molar-refractivity contribution < 1.29 is 9.53 Å². The van der Waals surface area contributed by atoms with Crippen molar-refractivity contribution in [2.24, 2.45) is 0 Å². The van der Waals surface area contributed by atoms with Gasteiger partial charge in [-0.25, -0.2) is 0 Å². The number of ether oxygens (including phenoxy) is 1. The number of carbonyl (C=O) groups is 1. The number of carbonyl (C=O) groups excluding carboxylic acids is 1. The summed E-state index contributed by atoms with van der Waals surface area (Å²) in [6, 6.07) is 16.4. The Bertz CT molecular complexity index is 489. The Kier molecular flexibility index (Phi) is 3.01. The fraction of sp³-hybridized carbons (Fsp3) is 0.0714. The SMILES string of the molecule is COc1ccccc1[11C](=O)c1ccccc1. The molecule has 16 heavy (non-hydrogen) atoms. The third-order valence-electron chi connectivity index (χ3n) is 2.39. The van der Waals surface area contributed by atoms with Crippen LogP contribution in [-0.2, 0) is 0 Å². The van der Waals surface area contributed by atoms with Crippen LogP contribution >= 0.6 is 0 Å². The number of rotatable bonds is 3. The second-order valence-corrected chi connectivity index (χ2v) is 3.40. The van der Waals surface area contributed by atoms with E-state index in [4.69, 9.17) is 4.74 Å². The lowest BCUT2D eigenvalue weighted by Crippen LogP contribution is -2.03. The van der Waals surface area contributed by atoms with Crippen LogP contribution < -0.4 is 4.74 Å². The molecule has 0 atom stereocenters. The Hall–Kier alpha value is -2.09. The number of ketones is 1. The summed E-state index contributed by atoms with van der Waals surface area (Å²) < 4.78 is 5.17. The van der Waals surface area contributed by atoms with Gasteiger partial charge in [-0.3, -0.25) is 4.79 Å². The molecule has 0 aliphatic heterocycles. The van der Waals surface area contributed by atoms with Crippen LogP contribution in [0.3, 0.4) is 0 Å². The minimum absolute atomic E-state index is 0.0157. The molecule has 0 radical (unpaired) electrons. The summed E-state index contributed by atoms with van der Waals surface area (Å²) in [7, 11) is 1.57. The maximum atomic E-state index is 12.1. The van der Waals surface area contributed by atoms with Gasteiger partial charge in [-0.15, -0.1) is 0 Å². The Morgan fingerprint density at radius 2 is 1.56 bits per heavy atom. The van der Waals surface area contributed by atoms with Crippen LogP contribution in [0.15, 0.2) is 54.6 Å². The second kappa shape index (κ2) is 4.62. The minimum atomic E-state index is -0.0157. The third-order valence-corrected chi connectivity index (χ3v) is 2.39. The summed E-state index contributed by atoms with van der Waals surface area (Å²) in [5.41, 5.74) is 1.27. The first-order valence-electron chi connectivity index (χ1n) is 5.05. The van der Waals surface area contributed by atoms with Crippen molar-refractivity contribution in [2.45, 2.75) is 0 Å². The van der Waals surface area contributed by atoms with Crippen LogP contribution in [0.4, 0.5) is 0 Å². The Morgan fingerprint density at radius 3 is 2.25 bits per heavy atom. The van der Waals surface area contributed by atoms with Crippen LogP contribution in [0.25, 0.3) is 0 Å². The molecule has 0 amide bonds. The van der Waals surface area contributed by atoms with Crippen LogP contribution in [0.5, 0.6) is 5.75 Å². The molecule has 0 unspecified atom stereocenters. The van der Waals surface area contributed by atoms with Crippen molar-refractivity contribution in [1.29, 1.82) is 0 Å². The summed E-state index contributed by atoms with van der Waals surface area (Å²) in [6.07, 6.45) is 0. The average molecular weight is 211 g/mol. The lowest BCUT2D eigenvalue weighted by Gasteiger charge is -2.06. The molecule has 0 aliphatic rings. The Balaban J connectivity index is 2.42. The molecule has 0 aliphatic carbocycles. The summed E-state index contributed by atoms with van der Waals surface area (Å²) in [5.74, 6) is 0.592. The van der Waals surface area contributed by atoms with Gasteiger partial charge in [0.15, 0.2) is 5.78 Å². The molecular weight excluding hydrogens is 199 g/mol. The highest BCUT2D eigenvalue weighted by molar-refractivity contribution is 6.10. The van der Waals surface area contributed by atoms with Crippen molar-refractivity contribution in [2.75, 3.05) is 7.11 Å². The lowest BCUT2D eigenvalue weighted by atomic mass is 9.69. The van der Waals surface area contributed by atoms with Gasteiger partial charge in [-0.05, 0) is 12.1 Å². The first kappa shape index (κ1) is 10.4. The third kappa shape index (κ3) is 1.96. The van der Waals surface area contributed by atoms with Gasteiger partial charge in [0.05, 0.1) is 12.7 Å². The predicted molar refractivity (Wildman–Crippen MR) is 62.9 cm³/mol. The normalized spacial score (nSPS) is 9.81. The quantitative estimate of drug-likeness (QED) is 0.729. The highest BCUT2D eigenvalue weighted by atomic mass is 16.5. The van der Waals surface area contributed by atoms with Crippen molar-refractivity contribution >= 4 is 5.78 Å². The van der Waals surface area contributed by atoms with Crippen molar-refractivity contribution in [1.82, 2.24) is 0 Å². The highest BCUT2D eigenvalue weighted by Crippen LogP contribution is 2.20. The largest absolute Gasteiger partial charge is 0.496 e. The summed E-state index contributed by atoms with van der Waals surface area (Å²) in [5, 5.41) is 0. The van der Waals surface area contributed by atoms with E-state index in [1.54, 1.807) is 31.4 Å². The number of hydrogen-bond acceptors (Lipinski definition) is 2. The van der Waals surface area contributed by atoms with Crippen LogP contribution in [0.2, 0.25) is 0 Å². The van der Waals surface area contributed by atoms with E-state index in [9.17, 15) is 4.79 Å². The molecule has 2 rings (SSSR count). The molecule has 0 saturated carbocycles. The molecule has 0 bridgehead atoms. The predicted octanol–water partition coefficient (Wildman–Crippen LogP) is 2.93. The molecule has 2 aromatic carbocycles. The van der Waals surface area contributed by atoms with Crippen molar-refractivity contribution in [3.05, 3.63) is 65.7 Å². The van der Waals surface area contributed by atoms with Gasteiger partial charge in [0.1, 0.15) is 5.75 Å². The van der Waals surface area contributed by atoms with E-state index in [0.29, 0.717) is 16.9 Å². The van der Waals surface area contributed by atoms with E-state index in [-0.39, 0.29) is 5.78 Å². The molecule has 2 nitrogen and oxygen atoms in total. The highest BCUT2D eigenvalue weighted by Gasteiger charge is 2.12. The smallest absolute Gasteiger partial charge is 0.196 e. The van der Waals surface area contributed by atoms with E-state index in [1.165, 1.54) is 0 Å². The molecule has 0 heterocycles. The van der Waals surface area contributed by atoms with Gasteiger partial charge >= 0.3 is 0 Å². The van der Waals surface area contributed by atoms with Crippen molar-refractivity contribution in [3.63, 3.8) is 0 Å². The monoisotopic (exact) mass is 211 g/mol. The molecule has 80 valence electrons. The van der Waals surface area contributed by atoms with Gasteiger partial charge in [0, 0.05) is 5.56 Å². The lowest BCUT2D eigenvalue weighted by molar-refractivity contribution is 0.103. The van der Waals surface area contributed by atoms with Crippen molar-refractivity contribution in [3.8, 4) is 5.75 Å². The van der Waals surface area contributed by atoms with E-state index in [2.05, 4.69) is 0 Å². The number of hydrogen-bond donors (Lipinski definition) is 0. The zero-order valence-corrected chi connectivity index (χ0v) is 9.01. The van der Waals surface area contributed by atoms with Crippen LogP contribution in [0, 0.1) is 0 Å². The first-order chi connectivity index (χ1) is 7.83. The fourth-order valence-electron chi connectivity index (χ4n) is 1.58. The van der Waals surface area contributed by atoms with Gasteiger partial charge < -0.3 is 4.74 Å². The van der Waals surface area contributed by atoms with E-state index < -0.39 is 0 Å². The molecule has 0 fully saturated rings. The topological polar surface area (TPSA) is 26.3 Å². The van der Waals surface area contributed by atoms with E-state index >= 15 is 0 Å². The van der Waals surface area contributed by atoms with E-state index in [1.807, 2.05) is 30.3 Å². The number of benzene rings is 2. The molecule has 0 N–H and O–H groups in total. The van der Waals surface area contributed by atoms with Crippen LogP contribution in [-0.4, -0.2) is 12.9 Å². The Labute approximate surface area is 94.5 Å².